The van der Waals surface area contributed by atoms with Crippen molar-refractivity contribution in [1.29, 1.82) is 0 Å². The van der Waals surface area contributed by atoms with Crippen molar-refractivity contribution in [2.45, 2.75) is 57.7 Å². The van der Waals surface area contributed by atoms with Gasteiger partial charge in [0.15, 0.2) is 0 Å². The molecule has 2 atom stereocenters. The number of benzene rings is 1. The highest BCUT2D eigenvalue weighted by Crippen LogP contribution is 2.35. The second-order valence-electron chi connectivity index (χ2n) is 6.75. The molecule has 20 heavy (non-hydrogen) atoms. The fourth-order valence-corrected chi connectivity index (χ4v) is 3.20. The fourth-order valence-electron chi connectivity index (χ4n) is 3.20. The van der Waals surface area contributed by atoms with Gasteiger partial charge in [0.1, 0.15) is 5.75 Å². The summed E-state index contributed by atoms with van der Waals surface area (Å²) < 4.78 is 5.37. The molecule has 0 spiro atoms. The molecular weight excluding hydrogens is 248 g/mol. The van der Waals surface area contributed by atoms with E-state index in [2.05, 4.69) is 43.9 Å². The molecule has 1 aromatic rings. The van der Waals surface area contributed by atoms with Crippen molar-refractivity contribution < 1.29 is 4.74 Å². The lowest BCUT2D eigenvalue weighted by atomic mass is 9.92. The summed E-state index contributed by atoms with van der Waals surface area (Å²) in [4.78, 5) is 2.56. The third-order valence-electron chi connectivity index (χ3n) is 4.22. The van der Waals surface area contributed by atoms with Gasteiger partial charge in [-0.25, -0.2) is 0 Å². The molecule has 2 N–H and O–H groups in total. The number of methoxy groups -OCH3 is 1. The number of hydrogen-bond acceptors (Lipinski definition) is 3. The van der Waals surface area contributed by atoms with E-state index in [-0.39, 0.29) is 17.6 Å². The molecule has 3 nitrogen and oxygen atoms in total. The Labute approximate surface area is 123 Å². The first-order valence-electron chi connectivity index (χ1n) is 7.60. The van der Waals surface area contributed by atoms with Crippen LogP contribution in [0.3, 0.4) is 0 Å². The molecule has 0 aromatic heterocycles. The molecule has 0 saturated carbocycles. The Balaban J connectivity index is 2.39. The summed E-state index contributed by atoms with van der Waals surface area (Å²) in [6.45, 7) is 7.94. The lowest BCUT2D eigenvalue weighted by Crippen LogP contribution is -2.49. The van der Waals surface area contributed by atoms with Crippen LogP contribution < -0.4 is 10.5 Å². The summed E-state index contributed by atoms with van der Waals surface area (Å²) in [5.74, 6) is 0.910. The normalized spacial score (nSPS) is 25.2. The maximum absolute atomic E-state index is 6.51. The monoisotopic (exact) mass is 276 g/mol. The van der Waals surface area contributed by atoms with Gasteiger partial charge in [-0.15, -0.1) is 0 Å². The quantitative estimate of drug-likeness (QED) is 0.900. The highest BCUT2D eigenvalue weighted by molar-refractivity contribution is 5.31. The SMILES string of the molecule is COc1cccc(C2C(N)CCCCN2C(C)(C)C)c1. The van der Waals surface area contributed by atoms with Gasteiger partial charge in [-0.3, -0.25) is 4.90 Å². The lowest BCUT2D eigenvalue weighted by molar-refractivity contribution is 0.0754. The maximum Gasteiger partial charge on any atom is 0.119 e. The van der Waals surface area contributed by atoms with E-state index in [4.69, 9.17) is 10.5 Å². The van der Waals surface area contributed by atoms with E-state index in [1.54, 1.807) is 7.11 Å². The van der Waals surface area contributed by atoms with Crippen LogP contribution in [0, 0.1) is 0 Å². The molecule has 2 unspecified atom stereocenters. The second kappa shape index (κ2) is 6.15. The first-order chi connectivity index (χ1) is 9.43. The molecule has 0 aliphatic carbocycles. The van der Waals surface area contributed by atoms with Gasteiger partial charge in [-0.05, 0) is 57.9 Å². The van der Waals surface area contributed by atoms with Gasteiger partial charge in [-0.1, -0.05) is 18.6 Å². The molecule has 1 heterocycles. The van der Waals surface area contributed by atoms with Crippen LogP contribution in [-0.4, -0.2) is 30.1 Å². The first kappa shape index (κ1) is 15.3. The van der Waals surface area contributed by atoms with Crippen LogP contribution >= 0.6 is 0 Å². The predicted molar refractivity (Wildman–Crippen MR) is 84.0 cm³/mol. The number of likely N-dealkylation sites (tertiary alicyclic amines) is 1. The van der Waals surface area contributed by atoms with Crippen LogP contribution in [0.1, 0.15) is 51.6 Å². The standard InChI is InChI=1S/C17H28N2O/c1-17(2,3)19-11-6-5-10-15(18)16(19)13-8-7-9-14(12-13)20-4/h7-9,12,15-16H,5-6,10-11,18H2,1-4H3. The van der Waals surface area contributed by atoms with Crippen LogP contribution in [0.4, 0.5) is 0 Å². The highest BCUT2D eigenvalue weighted by Gasteiger charge is 2.35. The number of nitrogens with two attached hydrogens (primary N) is 1. The van der Waals surface area contributed by atoms with E-state index in [0.717, 1.165) is 18.7 Å². The van der Waals surface area contributed by atoms with E-state index < -0.39 is 0 Å². The zero-order valence-electron chi connectivity index (χ0n) is 13.2. The van der Waals surface area contributed by atoms with Gasteiger partial charge >= 0.3 is 0 Å². The minimum atomic E-state index is 0.121. The van der Waals surface area contributed by atoms with Gasteiger partial charge < -0.3 is 10.5 Å². The molecular formula is C17H28N2O. The van der Waals surface area contributed by atoms with Gasteiger partial charge in [0, 0.05) is 11.6 Å². The number of ether oxygens (including phenoxy) is 1. The molecule has 112 valence electrons. The molecule has 0 bridgehead atoms. The zero-order chi connectivity index (χ0) is 14.8. The maximum atomic E-state index is 6.51. The number of rotatable bonds is 2. The Bertz CT molecular complexity index is 439. The van der Waals surface area contributed by atoms with Crippen LogP contribution in [0.15, 0.2) is 24.3 Å². The van der Waals surface area contributed by atoms with Crippen molar-refractivity contribution >= 4 is 0 Å². The van der Waals surface area contributed by atoms with E-state index in [1.807, 2.05) is 6.07 Å². The number of hydrogen-bond donors (Lipinski definition) is 1. The Hall–Kier alpha value is -1.06. The van der Waals surface area contributed by atoms with Crippen molar-refractivity contribution in [3.8, 4) is 5.75 Å². The van der Waals surface area contributed by atoms with Gasteiger partial charge in [0.25, 0.3) is 0 Å². The third-order valence-corrected chi connectivity index (χ3v) is 4.22. The highest BCUT2D eigenvalue weighted by atomic mass is 16.5. The summed E-state index contributed by atoms with van der Waals surface area (Å²) in [6.07, 6.45) is 3.54. The molecule has 1 aliphatic heterocycles. The molecule has 2 rings (SSSR count). The summed E-state index contributed by atoms with van der Waals surface area (Å²) in [7, 11) is 1.72. The van der Waals surface area contributed by atoms with Crippen molar-refractivity contribution in [1.82, 2.24) is 4.90 Å². The van der Waals surface area contributed by atoms with Crippen molar-refractivity contribution in [3.05, 3.63) is 29.8 Å². The van der Waals surface area contributed by atoms with Crippen molar-refractivity contribution in [3.63, 3.8) is 0 Å². The molecule has 1 aromatic carbocycles. The minimum absolute atomic E-state index is 0.121. The summed E-state index contributed by atoms with van der Waals surface area (Å²) in [5.41, 5.74) is 7.90. The van der Waals surface area contributed by atoms with E-state index in [9.17, 15) is 0 Å². The molecule has 1 saturated heterocycles. The first-order valence-corrected chi connectivity index (χ1v) is 7.60. The fraction of sp³-hybridized carbons (Fsp3) is 0.647. The summed E-state index contributed by atoms with van der Waals surface area (Å²) >= 11 is 0. The molecule has 3 heteroatoms. The zero-order valence-corrected chi connectivity index (χ0v) is 13.2. The predicted octanol–water partition coefficient (Wildman–Crippen LogP) is 3.35. The van der Waals surface area contributed by atoms with Gasteiger partial charge in [0.05, 0.1) is 13.2 Å². The Morgan fingerprint density at radius 2 is 2.00 bits per heavy atom. The van der Waals surface area contributed by atoms with E-state index >= 15 is 0 Å². The lowest BCUT2D eigenvalue weighted by Gasteiger charge is -2.43. The minimum Gasteiger partial charge on any atom is -0.497 e. The average Bonchev–Trinajstić information content (AvgIpc) is 2.60. The molecule has 0 radical (unpaired) electrons. The third kappa shape index (κ3) is 3.33. The summed E-state index contributed by atoms with van der Waals surface area (Å²) in [6, 6.07) is 8.82. The topological polar surface area (TPSA) is 38.5 Å². The van der Waals surface area contributed by atoms with E-state index in [0.29, 0.717) is 0 Å². The van der Waals surface area contributed by atoms with Gasteiger partial charge in [-0.2, -0.15) is 0 Å². The van der Waals surface area contributed by atoms with Crippen molar-refractivity contribution in [2.24, 2.45) is 5.73 Å². The molecule has 0 amide bonds. The Morgan fingerprint density at radius 1 is 1.25 bits per heavy atom. The Morgan fingerprint density at radius 3 is 2.65 bits per heavy atom. The molecule has 1 fully saturated rings. The van der Waals surface area contributed by atoms with E-state index in [1.165, 1.54) is 18.4 Å². The second-order valence-corrected chi connectivity index (χ2v) is 6.75. The van der Waals surface area contributed by atoms with Crippen LogP contribution in [-0.2, 0) is 0 Å². The summed E-state index contributed by atoms with van der Waals surface area (Å²) in [5, 5.41) is 0. The van der Waals surface area contributed by atoms with Gasteiger partial charge in [0.2, 0.25) is 0 Å². The van der Waals surface area contributed by atoms with Crippen molar-refractivity contribution in [2.75, 3.05) is 13.7 Å². The average molecular weight is 276 g/mol. The van der Waals surface area contributed by atoms with Crippen LogP contribution in [0.25, 0.3) is 0 Å². The number of nitrogens with zero attached hydrogens (tertiary/aromatic N) is 1. The smallest absolute Gasteiger partial charge is 0.119 e. The molecule has 1 aliphatic rings. The largest absolute Gasteiger partial charge is 0.497 e. The van der Waals surface area contributed by atoms with Crippen LogP contribution in [0.5, 0.6) is 5.75 Å². The Kier molecular flexibility index (Phi) is 4.71. The van der Waals surface area contributed by atoms with Crippen LogP contribution in [0.2, 0.25) is 0 Å².